The van der Waals surface area contributed by atoms with Crippen molar-refractivity contribution in [2.45, 2.75) is 12.3 Å². The number of ether oxygens (including phenoxy) is 3. The third-order valence-corrected chi connectivity index (χ3v) is 6.82. The highest BCUT2D eigenvalue weighted by molar-refractivity contribution is 8.00. The highest BCUT2D eigenvalue weighted by atomic mass is 32.2. The van der Waals surface area contributed by atoms with Crippen molar-refractivity contribution in [1.29, 1.82) is 0 Å². The van der Waals surface area contributed by atoms with Gasteiger partial charge >= 0.3 is 0 Å². The van der Waals surface area contributed by atoms with Crippen LogP contribution in [0.1, 0.15) is 16.6 Å². The molecular weight excluding hydrogens is 430 g/mol. The minimum Gasteiger partial charge on any atom is -0.493 e. The van der Waals surface area contributed by atoms with Gasteiger partial charge in [0.2, 0.25) is 11.7 Å². The predicted octanol–water partition coefficient (Wildman–Crippen LogP) is 3.29. The van der Waals surface area contributed by atoms with E-state index in [2.05, 4.69) is 0 Å². The van der Waals surface area contributed by atoms with E-state index in [9.17, 15) is 9.59 Å². The van der Waals surface area contributed by atoms with Crippen molar-refractivity contribution in [1.82, 2.24) is 9.36 Å². The molecule has 1 aliphatic rings. The van der Waals surface area contributed by atoms with Gasteiger partial charge in [-0.3, -0.25) is 19.2 Å². The van der Waals surface area contributed by atoms with Crippen LogP contribution >= 0.6 is 11.8 Å². The van der Waals surface area contributed by atoms with Crippen molar-refractivity contribution in [3.63, 3.8) is 0 Å². The number of methoxy groups -OCH3 is 3. The Morgan fingerprint density at radius 1 is 0.969 bits per heavy atom. The van der Waals surface area contributed by atoms with Crippen molar-refractivity contribution in [3.8, 4) is 22.9 Å². The molecule has 0 N–H and O–H groups in total. The van der Waals surface area contributed by atoms with Crippen LogP contribution in [-0.4, -0.2) is 42.4 Å². The quantitative estimate of drug-likeness (QED) is 0.568. The number of nitrogens with zero attached hydrogens (tertiary/aromatic N) is 3. The van der Waals surface area contributed by atoms with Gasteiger partial charge < -0.3 is 14.2 Å². The summed E-state index contributed by atoms with van der Waals surface area (Å²) < 4.78 is 19.7. The second kappa shape index (κ2) is 8.66. The summed E-state index contributed by atoms with van der Waals surface area (Å²) in [6.45, 7) is 1.85. The number of carbonyl (C=O) groups excluding carboxylic acids is 1. The lowest BCUT2D eigenvalue weighted by atomic mass is 10.1. The van der Waals surface area contributed by atoms with Gasteiger partial charge in [0.25, 0.3) is 5.56 Å². The van der Waals surface area contributed by atoms with Gasteiger partial charge in [0, 0.05) is 7.05 Å². The second-order valence-corrected chi connectivity index (χ2v) is 8.36. The summed E-state index contributed by atoms with van der Waals surface area (Å²) in [6, 6.07) is 13.0. The van der Waals surface area contributed by atoms with Gasteiger partial charge in [-0.1, -0.05) is 18.2 Å². The highest BCUT2D eigenvalue weighted by Gasteiger charge is 2.39. The molecule has 2 heterocycles. The zero-order chi connectivity index (χ0) is 23.0. The fourth-order valence-corrected chi connectivity index (χ4v) is 5.13. The van der Waals surface area contributed by atoms with Crippen LogP contribution in [0.15, 0.2) is 47.3 Å². The third kappa shape index (κ3) is 3.42. The summed E-state index contributed by atoms with van der Waals surface area (Å²) in [6.07, 6.45) is 0. The minimum atomic E-state index is -0.408. The van der Waals surface area contributed by atoms with E-state index >= 15 is 0 Å². The molecule has 1 aromatic heterocycles. The monoisotopic (exact) mass is 455 g/mol. The topological polar surface area (TPSA) is 74.9 Å². The molecule has 0 radical (unpaired) electrons. The number of benzene rings is 2. The normalized spacial score (nSPS) is 15.8. The van der Waals surface area contributed by atoms with E-state index in [-0.39, 0.29) is 17.2 Å². The molecule has 1 saturated heterocycles. The maximum atomic E-state index is 13.5. The molecular formula is C23H25N3O5S. The molecule has 0 spiro atoms. The van der Waals surface area contributed by atoms with Gasteiger partial charge in [-0.15, -0.1) is 11.8 Å². The van der Waals surface area contributed by atoms with Gasteiger partial charge in [-0.2, -0.15) is 0 Å². The van der Waals surface area contributed by atoms with Crippen LogP contribution in [0.5, 0.6) is 17.2 Å². The zero-order valence-electron chi connectivity index (χ0n) is 18.6. The van der Waals surface area contributed by atoms with Crippen molar-refractivity contribution in [2.75, 3.05) is 32.0 Å². The standard InChI is InChI=1S/C23H25N3O5S/c1-14-20(22(28)26(24(14)2)16-9-7-6-8-10-16)25-19(27)13-32-23(25)15-11-17(29-3)21(31-5)18(12-15)30-4/h6-12,23H,13H2,1-5H3/t23-/m1/s1. The Morgan fingerprint density at radius 2 is 1.59 bits per heavy atom. The van der Waals surface area contributed by atoms with Crippen molar-refractivity contribution in [3.05, 3.63) is 64.1 Å². The molecule has 0 saturated carbocycles. The Hall–Kier alpha value is -3.33. The van der Waals surface area contributed by atoms with E-state index < -0.39 is 5.37 Å². The molecule has 8 nitrogen and oxygen atoms in total. The highest BCUT2D eigenvalue weighted by Crippen LogP contribution is 2.47. The Labute approximate surface area is 190 Å². The summed E-state index contributed by atoms with van der Waals surface area (Å²) in [5.41, 5.74) is 2.34. The van der Waals surface area contributed by atoms with Crippen LogP contribution in [0, 0.1) is 6.92 Å². The molecule has 0 unspecified atom stereocenters. The summed E-state index contributed by atoms with van der Waals surface area (Å²) in [4.78, 5) is 28.1. The van der Waals surface area contributed by atoms with Crippen LogP contribution in [0.25, 0.3) is 5.69 Å². The average Bonchev–Trinajstić information content (AvgIpc) is 3.29. The fraction of sp³-hybridized carbons (Fsp3) is 0.304. The van der Waals surface area contributed by atoms with E-state index in [1.54, 1.807) is 35.6 Å². The van der Waals surface area contributed by atoms with Crippen molar-refractivity contribution >= 4 is 23.4 Å². The Balaban J connectivity index is 1.87. The lowest BCUT2D eigenvalue weighted by Gasteiger charge is -2.24. The minimum absolute atomic E-state index is 0.125. The maximum absolute atomic E-state index is 13.5. The first kappa shape index (κ1) is 21.9. The summed E-state index contributed by atoms with van der Waals surface area (Å²) >= 11 is 1.45. The number of hydrogen-bond donors (Lipinski definition) is 0. The van der Waals surface area contributed by atoms with Crippen molar-refractivity contribution < 1.29 is 19.0 Å². The number of amides is 1. The Kier molecular flexibility index (Phi) is 5.92. The molecule has 1 fully saturated rings. The number of rotatable bonds is 6. The number of aromatic nitrogens is 2. The molecule has 3 aromatic rings. The number of thioether (sulfide) groups is 1. The summed E-state index contributed by atoms with van der Waals surface area (Å²) in [5, 5.41) is -0.408. The van der Waals surface area contributed by atoms with Gasteiger partial charge in [0.1, 0.15) is 11.1 Å². The number of hydrogen-bond acceptors (Lipinski definition) is 6. The molecule has 9 heteroatoms. The molecule has 2 aromatic carbocycles. The van der Waals surface area contributed by atoms with Crippen molar-refractivity contribution in [2.24, 2.45) is 7.05 Å². The number of carbonyl (C=O) groups is 1. The van der Waals surface area contributed by atoms with Crippen LogP contribution in [-0.2, 0) is 11.8 Å². The molecule has 0 aliphatic carbocycles. The zero-order valence-corrected chi connectivity index (χ0v) is 19.4. The first-order chi connectivity index (χ1) is 15.4. The smallest absolute Gasteiger partial charge is 0.295 e. The van der Waals surface area contributed by atoms with E-state index in [1.807, 2.05) is 56.4 Å². The average molecular weight is 456 g/mol. The van der Waals surface area contributed by atoms with Gasteiger partial charge in [-0.25, -0.2) is 4.68 Å². The molecule has 1 amide bonds. The Bertz CT molecular complexity index is 1190. The Morgan fingerprint density at radius 3 is 2.16 bits per heavy atom. The first-order valence-electron chi connectivity index (χ1n) is 10.0. The molecule has 1 aliphatic heterocycles. The van der Waals surface area contributed by atoms with Gasteiger partial charge in [0.15, 0.2) is 11.5 Å². The lowest BCUT2D eigenvalue weighted by Crippen LogP contribution is -2.33. The van der Waals surface area contributed by atoms with E-state index in [0.717, 1.165) is 11.3 Å². The summed E-state index contributed by atoms with van der Waals surface area (Å²) in [7, 11) is 6.45. The number of anilines is 1. The second-order valence-electron chi connectivity index (χ2n) is 7.30. The fourth-order valence-electron chi connectivity index (χ4n) is 3.99. The first-order valence-corrected chi connectivity index (χ1v) is 11.0. The molecule has 1 atom stereocenters. The predicted molar refractivity (Wildman–Crippen MR) is 125 cm³/mol. The van der Waals surface area contributed by atoms with Gasteiger partial charge in [-0.05, 0) is 36.8 Å². The van der Waals surface area contributed by atoms with Gasteiger partial charge in [0.05, 0.1) is 38.5 Å². The third-order valence-electron chi connectivity index (χ3n) is 5.60. The lowest BCUT2D eigenvalue weighted by molar-refractivity contribution is -0.115. The van der Waals surface area contributed by atoms with Crippen LogP contribution in [0.2, 0.25) is 0 Å². The van der Waals surface area contributed by atoms with E-state index in [1.165, 1.54) is 11.8 Å². The summed E-state index contributed by atoms with van der Waals surface area (Å²) in [5.74, 6) is 1.60. The van der Waals surface area contributed by atoms with E-state index in [0.29, 0.717) is 28.6 Å². The molecule has 168 valence electrons. The van der Waals surface area contributed by atoms with E-state index in [4.69, 9.17) is 14.2 Å². The maximum Gasteiger partial charge on any atom is 0.295 e. The van der Waals surface area contributed by atoms with Crippen LogP contribution in [0.3, 0.4) is 0 Å². The molecule has 0 bridgehead atoms. The largest absolute Gasteiger partial charge is 0.493 e. The van der Waals surface area contributed by atoms with Crippen LogP contribution < -0.4 is 24.7 Å². The molecule has 32 heavy (non-hydrogen) atoms. The SMILES string of the molecule is COc1cc([C@H]2SCC(=O)N2c2c(C)n(C)n(-c3ccccc3)c2=O)cc(OC)c1OC. The molecule has 4 rings (SSSR count). The number of para-hydroxylation sites is 1. The van der Waals surface area contributed by atoms with Crippen LogP contribution in [0.4, 0.5) is 5.69 Å².